The molecule has 0 saturated carbocycles. The first-order valence-corrected chi connectivity index (χ1v) is 5.83. The summed E-state index contributed by atoms with van der Waals surface area (Å²) in [5.74, 6) is 1.07. The van der Waals surface area contributed by atoms with Crippen LogP contribution in [-0.4, -0.2) is 15.8 Å². The molecule has 2 nitrogen and oxygen atoms in total. The predicted molar refractivity (Wildman–Crippen MR) is 52.4 cm³/mol. The number of hydrogen-bond donors (Lipinski definition) is 0. The molecule has 2 rings (SSSR count). The van der Waals surface area contributed by atoms with Gasteiger partial charge in [-0.15, -0.1) is 0 Å². The summed E-state index contributed by atoms with van der Waals surface area (Å²) in [5.41, 5.74) is 2.79. The Balaban J connectivity index is 2.25. The molecule has 0 spiro atoms. The highest BCUT2D eigenvalue weighted by Crippen LogP contribution is 2.20. The second-order valence-electron chi connectivity index (χ2n) is 3.22. The Morgan fingerprint density at radius 1 is 1.58 bits per heavy atom. The van der Waals surface area contributed by atoms with Crippen molar-refractivity contribution in [2.45, 2.75) is 31.6 Å². The molecule has 0 radical (unpaired) electrons. The summed E-state index contributed by atoms with van der Waals surface area (Å²) in [5, 5.41) is 0. The molecule has 0 aromatic carbocycles. The average Bonchev–Trinajstić information content (AvgIpc) is 2.50. The van der Waals surface area contributed by atoms with Crippen LogP contribution in [-0.2, 0) is 18.7 Å². The molecule has 0 unspecified atom stereocenters. The molecule has 1 aromatic rings. The predicted octanol–water partition coefficient (Wildman–Crippen LogP) is 2.08. The zero-order valence-corrected chi connectivity index (χ0v) is 8.23. The van der Waals surface area contributed by atoms with E-state index in [9.17, 15) is 0 Å². The van der Waals surface area contributed by atoms with Crippen molar-refractivity contribution < 1.29 is 0 Å². The van der Waals surface area contributed by atoms with Crippen LogP contribution in [0.3, 0.4) is 0 Å². The third-order valence-electron chi connectivity index (χ3n) is 2.38. The lowest BCUT2D eigenvalue weighted by Crippen LogP contribution is -2.09. The van der Waals surface area contributed by atoms with Crippen LogP contribution >= 0.6 is 11.8 Å². The molecule has 0 fully saturated rings. The lowest BCUT2D eigenvalue weighted by molar-refractivity contribution is 0.530. The molecule has 1 aliphatic heterocycles. The molecular formula is C9H14N2S. The Labute approximate surface area is 77.4 Å². The van der Waals surface area contributed by atoms with E-state index in [2.05, 4.69) is 15.8 Å². The normalized spacial score (nSPS) is 16.1. The van der Waals surface area contributed by atoms with Crippen LogP contribution in [0, 0.1) is 0 Å². The zero-order valence-electron chi connectivity index (χ0n) is 7.42. The van der Waals surface area contributed by atoms with Crippen LogP contribution < -0.4 is 0 Å². The SMILES string of the molecule is CSCc1ncn2c1CCCC2. The molecule has 1 aromatic heterocycles. The van der Waals surface area contributed by atoms with Gasteiger partial charge in [0.05, 0.1) is 12.0 Å². The molecule has 0 atom stereocenters. The zero-order chi connectivity index (χ0) is 8.39. The first-order valence-electron chi connectivity index (χ1n) is 4.43. The minimum Gasteiger partial charge on any atom is -0.334 e. The summed E-state index contributed by atoms with van der Waals surface area (Å²) in [6.45, 7) is 1.18. The average molecular weight is 182 g/mol. The highest BCUT2D eigenvalue weighted by molar-refractivity contribution is 7.97. The van der Waals surface area contributed by atoms with Crippen LogP contribution in [0.4, 0.5) is 0 Å². The third kappa shape index (κ3) is 1.38. The van der Waals surface area contributed by atoms with Gasteiger partial charge in [-0.1, -0.05) is 0 Å². The number of fused-ring (bicyclic) bond motifs is 1. The molecular weight excluding hydrogens is 168 g/mol. The minimum absolute atomic E-state index is 1.07. The lowest BCUT2D eigenvalue weighted by Gasteiger charge is -2.14. The summed E-state index contributed by atoms with van der Waals surface area (Å²) < 4.78 is 2.31. The summed E-state index contributed by atoms with van der Waals surface area (Å²) >= 11 is 1.86. The molecule has 1 aliphatic rings. The van der Waals surface area contributed by atoms with Gasteiger partial charge in [0.1, 0.15) is 0 Å². The molecule has 0 saturated heterocycles. The van der Waals surface area contributed by atoms with Crippen molar-refractivity contribution in [2.75, 3.05) is 6.26 Å². The van der Waals surface area contributed by atoms with Gasteiger partial charge in [-0.25, -0.2) is 4.98 Å². The lowest BCUT2D eigenvalue weighted by atomic mass is 10.1. The molecule has 3 heteroatoms. The summed E-state index contributed by atoms with van der Waals surface area (Å²) in [4.78, 5) is 4.43. The van der Waals surface area contributed by atoms with Crippen molar-refractivity contribution in [2.24, 2.45) is 0 Å². The fourth-order valence-electron chi connectivity index (χ4n) is 1.76. The van der Waals surface area contributed by atoms with Gasteiger partial charge in [-0.05, 0) is 25.5 Å². The molecule has 0 N–H and O–H groups in total. The van der Waals surface area contributed by atoms with Crippen LogP contribution in [0.2, 0.25) is 0 Å². The van der Waals surface area contributed by atoms with Crippen molar-refractivity contribution in [3.8, 4) is 0 Å². The van der Waals surface area contributed by atoms with Crippen molar-refractivity contribution in [3.63, 3.8) is 0 Å². The van der Waals surface area contributed by atoms with E-state index in [1.165, 1.54) is 37.2 Å². The quantitative estimate of drug-likeness (QED) is 0.697. The first-order chi connectivity index (χ1) is 5.92. The van der Waals surface area contributed by atoms with E-state index < -0.39 is 0 Å². The van der Waals surface area contributed by atoms with Crippen molar-refractivity contribution in [1.29, 1.82) is 0 Å². The number of aromatic nitrogens is 2. The Kier molecular flexibility index (Phi) is 2.40. The molecule has 66 valence electrons. The van der Waals surface area contributed by atoms with E-state index in [-0.39, 0.29) is 0 Å². The van der Waals surface area contributed by atoms with E-state index in [0.29, 0.717) is 0 Å². The topological polar surface area (TPSA) is 17.8 Å². The maximum Gasteiger partial charge on any atom is 0.0952 e. The Morgan fingerprint density at radius 2 is 2.50 bits per heavy atom. The van der Waals surface area contributed by atoms with Gasteiger partial charge >= 0.3 is 0 Å². The van der Waals surface area contributed by atoms with Crippen molar-refractivity contribution >= 4 is 11.8 Å². The van der Waals surface area contributed by atoms with E-state index in [4.69, 9.17) is 0 Å². The molecule has 2 heterocycles. The maximum absolute atomic E-state index is 4.43. The fourth-order valence-corrected chi connectivity index (χ4v) is 2.28. The van der Waals surface area contributed by atoms with Crippen LogP contribution in [0.15, 0.2) is 6.33 Å². The molecule has 12 heavy (non-hydrogen) atoms. The molecule has 0 amide bonds. The number of imidazole rings is 1. The summed E-state index contributed by atoms with van der Waals surface area (Å²) in [6.07, 6.45) is 8.03. The number of rotatable bonds is 2. The van der Waals surface area contributed by atoms with Crippen LogP contribution in [0.1, 0.15) is 24.2 Å². The van der Waals surface area contributed by atoms with E-state index in [1.54, 1.807) is 0 Å². The van der Waals surface area contributed by atoms with Gasteiger partial charge in [-0.2, -0.15) is 11.8 Å². The van der Waals surface area contributed by atoms with Crippen LogP contribution in [0.5, 0.6) is 0 Å². The van der Waals surface area contributed by atoms with E-state index in [0.717, 1.165) is 5.75 Å². The Bertz CT molecular complexity index is 267. The van der Waals surface area contributed by atoms with Crippen molar-refractivity contribution in [3.05, 3.63) is 17.7 Å². The van der Waals surface area contributed by atoms with E-state index in [1.807, 2.05) is 18.1 Å². The summed E-state index contributed by atoms with van der Waals surface area (Å²) in [7, 11) is 0. The second kappa shape index (κ2) is 3.52. The molecule has 0 bridgehead atoms. The highest BCUT2D eigenvalue weighted by atomic mass is 32.2. The smallest absolute Gasteiger partial charge is 0.0952 e. The number of nitrogens with zero attached hydrogens (tertiary/aromatic N) is 2. The minimum atomic E-state index is 1.07. The van der Waals surface area contributed by atoms with Gasteiger partial charge in [0.25, 0.3) is 0 Å². The second-order valence-corrected chi connectivity index (χ2v) is 4.09. The highest BCUT2D eigenvalue weighted by Gasteiger charge is 2.13. The third-order valence-corrected chi connectivity index (χ3v) is 2.94. The number of aryl methyl sites for hydroxylation is 1. The Morgan fingerprint density at radius 3 is 3.33 bits per heavy atom. The van der Waals surface area contributed by atoms with Gasteiger partial charge in [0.15, 0.2) is 0 Å². The summed E-state index contributed by atoms with van der Waals surface area (Å²) in [6, 6.07) is 0. The van der Waals surface area contributed by atoms with Gasteiger partial charge < -0.3 is 4.57 Å². The fraction of sp³-hybridized carbons (Fsp3) is 0.667. The standard InChI is InChI=1S/C9H14N2S/c1-12-6-8-9-4-2-3-5-11(9)7-10-8/h7H,2-6H2,1H3. The van der Waals surface area contributed by atoms with E-state index >= 15 is 0 Å². The number of hydrogen-bond acceptors (Lipinski definition) is 2. The Hall–Kier alpha value is -0.440. The number of thioether (sulfide) groups is 1. The monoisotopic (exact) mass is 182 g/mol. The van der Waals surface area contributed by atoms with Gasteiger partial charge in [0.2, 0.25) is 0 Å². The van der Waals surface area contributed by atoms with Crippen molar-refractivity contribution in [1.82, 2.24) is 9.55 Å². The van der Waals surface area contributed by atoms with Crippen LogP contribution in [0.25, 0.3) is 0 Å². The molecule has 0 aliphatic carbocycles. The largest absolute Gasteiger partial charge is 0.334 e. The maximum atomic E-state index is 4.43. The van der Waals surface area contributed by atoms with Gasteiger partial charge in [-0.3, -0.25) is 0 Å². The van der Waals surface area contributed by atoms with Gasteiger partial charge in [0, 0.05) is 18.0 Å². The first kappa shape index (κ1) is 8.17.